The third kappa shape index (κ3) is 3.09. The second-order valence-corrected chi connectivity index (χ2v) is 4.30. The van der Waals surface area contributed by atoms with Gasteiger partial charge in [0.05, 0.1) is 0 Å². The lowest BCUT2D eigenvalue weighted by Crippen LogP contribution is -2.37. The summed E-state index contributed by atoms with van der Waals surface area (Å²) in [6, 6.07) is 6.09. The lowest BCUT2D eigenvalue weighted by Gasteiger charge is -2.11. The van der Waals surface area contributed by atoms with Gasteiger partial charge in [-0.3, -0.25) is 14.4 Å². The van der Waals surface area contributed by atoms with Crippen LogP contribution in [-0.4, -0.2) is 30.8 Å². The summed E-state index contributed by atoms with van der Waals surface area (Å²) in [5, 5.41) is 7.82. The van der Waals surface area contributed by atoms with E-state index in [-0.39, 0.29) is 17.7 Å². The first kappa shape index (κ1) is 13.1. The Labute approximate surface area is 110 Å². The molecule has 19 heavy (non-hydrogen) atoms. The molecule has 1 fully saturated rings. The Bertz CT molecular complexity index is 510. The van der Waals surface area contributed by atoms with Crippen LogP contribution in [0.1, 0.15) is 23.2 Å². The van der Waals surface area contributed by atoms with Gasteiger partial charge in [-0.1, -0.05) is 0 Å². The van der Waals surface area contributed by atoms with Gasteiger partial charge in [-0.05, 0) is 30.7 Å². The van der Waals surface area contributed by atoms with Crippen LogP contribution in [0.15, 0.2) is 24.3 Å². The molecule has 1 saturated heterocycles. The van der Waals surface area contributed by atoms with Crippen molar-refractivity contribution in [2.45, 2.75) is 18.9 Å². The van der Waals surface area contributed by atoms with Crippen LogP contribution in [0.4, 0.5) is 5.69 Å². The van der Waals surface area contributed by atoms with Crippen LogP contribution in [0, 0.1) is 0 Å². The minimum absolute atomic E-state index is 0.102. The summed E-state index contributed by atoms with van der Waals surface area (Å²) in [5.74, 6) is -0.519. The van der Waals surface area contributed by atoms with E-state index in [9.17, 15) is 14.4 Å². The normalized spacial score (nSPS) is 17.7. The van der Waals surface area contributed by atoms with E-state index < -0.39 is 6.04 Å². The topological polar surface area (TPSA) is 87.3 Å². The Morgan fingerprint density at radius 1 is 1.26 bits per heavy atom. The Hall–Kier alpha value is -2.37. The Morgan fingerprint density at radius 2 is 1.95 bits per heavy atom. The summed E-state index contributed by atoms with van der Waals surface area (Å²) in [6.07, 6.45) is 0.898. The number of benzene rings is 1. The largest absolute Gasteiger partial charge is 0.355 e. The quantitative estimate of drug-likeness (QED) is 0.729. The standard InChI is InChI=1S/C13H15N3O3/c1-14-12(18)8-2-4-9(5-3-8)15-13(19)10-6-7-11(17)16-10/h2-5,10H,6-7H2,1H3,(H,14,18)(H,15,19)(H,16,17)/t10-/m1/s1. The second kappa shape index (κ2) is 5.51. The minimum Gasteiger partial charge on any atom is -0.355 e. The lowest BCUT2D eigenvalue weighted by molar-refractivity contribution is -0.122. The van der Waals surface area contributed by atoms with Gasteiger partial charge in [-0.2, -0.15) is 0 Å². The zero-order valence-electron chi connectivity index (χ0n) is 10.5. The summed E-state index contributed by atoms with van der Waals surface area (Å²) < 4.78 is 0. The molecule has 0 radical (unpaired) electrons. The number of rotatable bonds is 3. The summed E-state index contributed by atoms with van der Waals surface area (Å²) in [5.41, 5.74) is 1.12. The van der Waals surface area contributed by atoms with Gasteiger partial charge >= 0.3 is 0 Å². The summed E-state index contributed by atoms with van der Waals surface area (Å²) >= 11 is 0. The van der Waals surface area contributed by atoms with Crippen molar-refractivity contribution in [2.24, 2.45) is 0 Å². The molecule has 0 unspecified atom stereocenters. The van der Waals surface area contributed by atoms with Crippen LogP contribution in [0.3, 0.4) is 0 Å². The number of amides is 3. The van der Waals surface area contributed by atoms with Gasteiger partial charge in [0, 0.05) is 24.7 Å². The highest BCUT2D eigenvalue weighted by atomic mass is 16.2. The fourth-order valence-electron chi connectivity index (χ4n) is 1.89. The third-order valence-corrected chi connectivity index (χ3v) is 2.95. The molecular formula is C13H15N3O3. The van der Waals surface area contributed by atoms with Crippen LogP contribution in [0.25, 0.3) is 0 Å². The summed E-state index contributed by atoms with van der Waals surface area (Å²) in [4.78, 5) is 34.2. The van der Waals surface area contributed by atoms with Gasteiger partial charge in [0.2, 0.25) is 11.8 Å². The van der Waals surface area contributed by atoms with E-state index in [0.717, 1.165) is 0 Å². The zero-order valence-corrected chi connectivity index (χ0v) is 10.5. The molecule has 0 aromatic heterocycles. The third-order valence-electron chi connectivity index (χ3n) is 2.95. The number of hydrogen-bond donors (Lipinski definition) is 3. The van der Waals surface area contributed by atoms with E-state index in [1.807, 2.05) is 0 Å². The highest BCUT2D eigenvalue weighted by Crippen LogP contribution is 2.13. The van der Waals surface area contributed by atoms with Crippen molar-refractivity contribution < 1.29 is 14.4 Å². The fraction of sp³-hybridized carbons (Fsp3) is 0.308. The van der Waals surface area contributed by atoms with Crippen LogP contribution >= 0.6 is 0 Å². The number of nitrogens with one attached hydrogen (secondary N) is 3. The van der Waals surface area contributed by atoms with Crippen molar-refractivity contribution in [3.05, 3.63) is 29.8 Å². The second-order valence-electron chi connectivity index (χ2n) is 4.30. The maximum atomic E-state index is 11.8. The van der Waals surface area contributed by atoms with E-state index in [2.05, 4.69) is 16.0 Å². The van der Waals surface area contributed by atoms with Gasteiger partial charge in [-0.25, -0.2) is 0 Å². The Balaban J connectivity index is 1.97. The first-order valence-corrected chi connectivity index (χ1v) is 6.02. The average Bonchev–Trinajstić information content (AvgIpc) is 2.85. The fourth-order valence-corrected chi connectivity index (χ4v) is 1.89. The number of anilines is 1. The molecule has 100 valence electrons. The highest BCUT2D eigenvalue weighted by Gasteiger charge is 2.27. The SMILES string of the molecule is CNC(=O)c1ccc(NC(=O)[C@H]2CCC(=O)N2)cc1. The molecule has 0 bridgehead atoms. The van der Waals surface area contributed by atoms with Gasteiger partial charge in [0.25, 0.3) is 5.91 Å². The van der Waals surface area contributed by atoms with E-state index in [1.165, 1.54) is 0 Å². The van der Waals surface area contributed by atoms with Crippen molar-refractivity contribution in [1.82, 2.24) is 10.6 Å². The predicted molar refractivity (Wildman–Crippen MR) is 69.6 cm³/mol. The summed E-state index contributed by atoms with van der Waals surface area (Å²) in [6.45, 7) is 0. The minimum atomic E-state index is -0.467. The Morgan fingerprint density at radius 3 is 2.47 bits per heavy atom. The zero-order chi connectivity index (χ0) is 13.8. The molecule has 0 saturated carbocycles. The molecule has 1 aromatic carbocycles. The molecule has 6 nitrogen and oxygen atoms in total. The van der Waals surface area contributed by atoms with E-state index >= 15 is 0 Å². The van der Waals surface area contributed by atoms with Crippen molar-refractivity contribution >= 4 is 23.4 Å². The van der Waals surface area contributed by atoms with E-state index in [4.69, 9.17) is 0 Å². The summed E-state index contributed by atoms with van der Waals surface area (Å²) in [7, 11) is 1.56. The maximum Gasteiger partial charge on any atom is 0.251 e. The average molecular weight is 261 g/mol. The van der Waals surface area contributed by atoms with Gasteiger partial charge < -0.3 is 16.0 Å². The smallest absolute Gasteiger partial charge is 0.251 e. The molecule has 1 aliphatic rings. The molecule has 3 amide bonds. The molecule has 1 heterocycles. The van der Waals surface area contributed by atoms with Crippen molar-refractivity contribution in [3.63, 3.8) is 0 Å². The van der Waals surface area contributed by atoms with E-state index in [1.54, 1.807) is 31.3 Å². The molecule has 6 heteroatoms. The molecular weight excluding hydrogens is 246 g/mol. The molecule has 2 rings (SSSR count). The van der Waals surface area contributed by atoms with Crippen LogP contribution in [-0.2, 0) is 9.59 Å². The van der Waals surface area contributed by atoms with Crippen LogP contribution in [0.5, 0.6) is 0 Å². The molecule has 1 aliphatic heterocycles. The van der Waals surface area contributed by atoms with Gasteiger partial charge in [-0.15, -0.1) is 0 Å². The molecule has 0 spiro atoms. The van der Waals surface area contributed by atoms with Crippen LogP contribution in [0.2, 0.25) is 0 Å². The predicted octanol–water partition coefficient (Wildman–Crippen LogP) is 0.263. The molecule has 1 atom stereocenters. The van der Waals surface area contributed by atoms with E-state index in [0.29, 0.717) is 24.1 Å². The van der Waals surface area contributed by atoms with Gasteiger partial charge in [0.15, 0.2) is 0 Å². The Kier molecular flexibility index (Phi) is 3.79. The first-order chi connectivity index (χ1) is 9.10. The first-order valence-electron chi connectivity index (χ1n) is 6.02. The monoisotopic (exact) mass is 261 g/mol. The number of carbonyl (C=O) groups is 3. The van der Waals surface area contributed by atoms with Crippen molar-refractivity contribution in [1.29, 1.82) is 0 Å². The lowest BCUT2D eigenvalue weighted by atomic mass is 10.1. The van der Waals surface area contributed by atoms with Crippen molar-refractivity contribution in [3.8, 4) is 0 Å². The van der Waals surface area contributed by atoms with Gasteiger partial charge in [0.1, 0.15) is 6.04 Å². The molecule has 3 N–H and O–H groups in total. The van der Waals surface area contributed by atoms with Crippen molar-refractivity contribution in [2.75, 3.05) is 12.4 Å². The number of hydrogen-bond acceptors (Lipinski definition) is 3. The molecule has 1 aromatic rings. The highest BCUT2D eigenvalue weighted by molar-refractivity contribution is 5.99. The molecule has 0 aliphatic carbocycles. The van der Waals surface area contributed by atoms with Crippen LogP contribution < -0.4 is 16.0 Å². The maximum absolute atomic E-state index is 11.8. The number of carbonyl (C=O) groups excluding carboxylic acids is 3.